The Hall–Kier alpha value is -1.73. The molecule has 0 aromatic carbocycles. The molecule has 2 aromatic rings. The predicted octanol–water partition coefficient (Wildman–Crippen LogP) is 3.16. The van der Waals surface area contributed by atoms with E-state index in [0.717, 1.165) is 9.88 Å². The highest BCUT2D eigenvalue weighted by atomic mass is 32.1. The number of carboxylic acids is 1. The van der Waals surface area contributed by atoms with E-state index in [4.69, 9.17) is 5.11 Å². The zero-order valence-corrected chi connectivity index (χ0v) is 13.4. The summed E-state index contributed by atoms with van der Waals surface area (Å²) in [5.41, 5.74) is 0.672. The first kappa shape index (κ1) is 15.7. The van der Waals surface area contributed by atoms with Crippen LogP contribution >= 0.6 is 22.7 Å². The third-order valence-corrected chi connectivity index (χ3v) is 5.18. The predicted molar refractivity (Wildman–Crippen MR) is 84.0 cm³/mol. The van der Waals surface area contributed by atoms with E-state index in [0.29, 0.717) is 17.0 Å². The minimum absolute atomic E-state index is 0.0716. The van der Waals surface area contributed by atoms with Gasteiger partial charge in [-0.2, -0.15) is 0 Å². The fourth-order valence-electron chi connectivity index (χ4n) is 1.87. The Kier molecular flexibility index (Phi) is 5.08. The number of aryl methyl sites for hydroxylation is 1. The summed E-state index contributed by atoms with van der Waals surface area (Å²) in [6.45, 7) is 3.64. The fraction of sp³-hybridized carbons (Fsp3) is 0.357. The minimum atomic E-state index is -0.914. The number of aromatic nitrogens is 1. The largest absolute Gasteiger partial charge is 0.481 e. The van der Waals surface area contributed by atoms with E-state index in [1.54, 1.807) is 18.3 Å². The topological polar surface area (TPSA) is 79.3 Å². The van der Waals surface area contributed by atoms with E-state index < -0.39 is 5.97 Å². The summed E-state index contributed by atoms with van der Waals surface area (Å²) in [6.07, 6.45) is 0.506. The van der Waals surface area contributed by atoms with Gasteiger partial charge in [-0.1, -0.05) is 13.0 Å². The lowest BCUT2D eigenvalue weighted by molar-refractivity contribution is -0.137. The summed E-state index contributed by atoms with van der Waals surface area (Å²) >= 11 is 2.91. The van der Waals surface area contributed by atoms with Gasteiger partial charge in [0.2, 0.25) is 0 Å². The lowest BCUT2D eigenvalue weighted by Gasteiger charge is -2.14. The molecule has 2 N–H and O–H groups in total. The highest BCUT2D eigenvalue weighted by Crippen LogP contribution is 2.31. The number of nitrogens with zero attached hydrogens (tertiary/aromatic N) is 1. The molecule has 0 spiro atoms. The maximum absolute atomic E-state index is 12.3. The summed E-state index contributed by atoms with van der Waals surface area (Å²) in [7, 11) is 0. The van der Waals surface area contributed by atoms with Crippen LogP contribution in [0, 0.1) is 6.92 Å². The standard InChI is InChI=1S/C14H16N2O3S2/c1-3-9(7-11(17)18)16-13(19)12-8(2)15-14(21-12)10-5-4-6-20-10/h4-6,9H,3,7H2,1-2H3,(H,16,19)(H,17,18). The number of nitrogens with one attached hydrogen (secondary N) is 1. The zero-order chi connectivity index (χ0) is 15.4. The van der Waals surface area contributed by atoms with Crippen molar-refractivity contribution in [3.05, 3.63) is 28.1 Å². The molecule has 7 heteroatoms. The minimum Gasteiger partial charge on any atom is -0.481 e. The van der Waals surface area contributed by atoms with Crippen LogP contribution in [0.1, 0.15) is 35.1 Å². The molecule has 0 saturated carbocycles. The van der Waals surface area contributed by atoms with Gasteiger partial charge in [0.25, 0.3) is 5.91 Å². The van der Waals surface area contributed by atoms with E-state index >= 15 is 0 Å². The van der Waals surface area contributed by atoms with Gasteiger partial charge >= 0.3 is 5.97 Å². The van der Waals surface area contributed by atoms with Gasteiger partial charge in [0.15, 0.2) is 0 Å². The van der Waals surface area contributed by atoms with Crippen molar-refractivity contribution in [1.82, 2.24) is 10.3 Å². The van der Waals surface area contributed by atoms with Crippen LogP contribution < -0.4 is 5.32 Å². The first-order valence-electron chi connectivity index (χ1n) is 6.55. The van der Waals surface area contributed by atoms with Crippen molar-refractivity contribution in [1.29, 1.82) is 0 Å². The Bertz CT molecular complexity index is 635. The summed E-state index contributed by atoms with van der Waals surface area (Å²) in [5, 5.41) is 14.4. The number of rotatable bonds is 6. The molecule has 0 bridgehead atoms. The highest BCUT2D eigenvalue weighted by Gasteiger charge is 2.20. The van der Waals surface area contributed by atoms with Crippen LogP contribution in [0.2, 0.25) is 0 Å². The molecule has 112 valence electrons. The van der Waals surface area contributed by atoms with E-state index in [1.165, 1.54) is 11.3 Å². The molecule has 0 aliphatic rings. The maximum atomic E-state index is 12.3. The lowest BCUT2D eigenvalue weighted by atomic mass is 10.1. The molecule has 0 radical (unpaired) electrons. The number of hydrogen-bond acceptors (Lipinski definition) is 5. The third-order valence-electron chi connectivity index (χ3n) is 2.98. The molecule has 21 heavy (non-hydrogen) atoms. The average molecular weight is 324 g/mol. The van der Waals surface area contributed by atoms with Crippen molar-refractivity contribution in [2.45, 2.75) is 32.7 Å². The van der Waals surface area contributed by atoms with E-state index in [9.17, 15) is 9.59 Å². The molecule has 5 nitrogen and oxygen atoms in total. The molecule has 0 saturated heterocycles. The number of thiophene rings is 1. The highest BCUT2D eigenvalue weighted by molar-refractivity contribution is 7.22. The van der Waals surface area contributed by atoms with Crippen molar-refractivity contribution in [2.24, 2.45) is 0 Å². The van der Waals surface area contributed by atoms with Crippen molar-refractivity contribution < 1.29 is 14.7 Å². The quantitative estimate of drug-likeness (QED) is 0.855. The van der Waals surface area contributed by atoms with Gasteiger partial charge in [-0.05, 0) is 24.8 Å². The summed E-state index contributed by atoms with van der Waals surface area (Å²) < 4.78 is 0. The molecule has 0 aliphatic heterocycles. The fourth-order valence-corrected chi connectivity index (χ4v) is 3.64. The van der Waals surface area contributed by atoms with Gasteiger partial charge in [0.05, 0.1) is 17.0 Å². The van der Waals surface area contributed by atoms with Crippen molar-refractivity contribution in [3.8, 4) is 9.88 Å². The van der Waals surface area contributed by atoms with E-state index in [-0.39, 0.29) is 18.4 Å². The molecule has 0 aliphatic carbocycles. The number of thiazole rings is 1. The molecule has 1 unspecified atom stereocenters. The van der Waals surface area contributed by atoms with Crippen molar-refractivity contribution in [2.75, 3.05) is 0 Å². The molecule has 1 atom stereocenters. The Labute approximate surface area is 130 Å². The molecule has 2 aromatic heterocycles. The smallest absolute Gasteiger partial charge is 0.305 e. The molecule has 0 fully saturated rings. The molecular formula is C14H16N2O3S2. The van der Waals surface area contributed by atoms with Crippen LogP contribution in [0.15, 0.2) is 17.5 Å². The average Bonchev–Trinajstić information content (AvgIpc) is 3.05. The first-order valence-corrected chi connectivity index (χ1v) is 8.24. The second-order valence-corrected chi connectivity index (χ2v) is 6.53. The summed E-state index contributed by atoms with van der Waals surface area (Å²) in [5.74, 6) is -1.16. The van der Waals surface area contributed by atoms with Gasteiger partial charge in [-0.15, -0.1) is 22.7 Å². The number of carbonyl (C=O) groups excluding carboxylic acids is 1. The van der Waals surface area contributed by atoms with Crippen LogP contribution in [-0.2, 0) is 4.79 Å². The van der Waals surface area contributed by atoms with Crippen LogP contribution in [-0.4, -0.2) is 28.0 Å². The van der Waals surface area contributed by atoms with E-state index in [1.807, 2.05) is 24.4 Å². The maximum Gasteiger partial charge on any atom is 0.305 e. The Morgan fingerprint density at radius 3 is 2.81 bits per heavy atom. The zero-order valence-electron chi connectivity index (χ0n) is 11.8. The van der Waals surface area contributed by atoms with Gasteiger partial charge in [0, 0.05) is 6.04 Å². The van der Waals surface area contributed by atoms with E-state index in [2.05, 4.69) is 10.3 Å². The second-order valence-electron chi connectivity index (χ2n) is 4.59. The summed E-state index contributed by atoms with van der Waals surface area (Å²) in [6, 6.07) is 3.54. The molecule has 2 rings (SSSR count). The van der Waals surface area contributed by atoms with Crippen molar-refractivity contribution >= 4 is 34.6 Å². The molecular weight excluding hydrogens is 308 g/mol. The number of amides is 1. The van der Waals surface area contributed by atoms with Crippen LogP contribution in [0.4, 0.5) is 0 Å². The Morgan fingerprint density at radius 1 is 1.48 bits per heavy atom. The van der Waals surface area contributed by atoms with Gasteiger partial charge < -0.3 is 10.4 Å². The number of carboxylic acid groups (broad SMARTS) is 1. The Morgan fingerprint density at radius 2 is 2.24 bits per heavy atom. The monoisotopic (exact) mass is 324 g/mol. The lowest BCUT2D eigenvalue weighted by Crippen LogP contribution is -2.35. The number of carbonyl (C=O) groups is 2. The van der Waals surface area contributed by atoms with Crippen LogP contribution in [0.5, 0.6) is 0 Å². The van der Waals surface area contributed by atoms with Gasteiger partial charge in [0.1, 0.15) is 9.88 Å². The molecule has 1 amide bonds. The van der Waals surface area contributed by atoms with Gasteiger partial charge in [-0.3, -0.25) is 9.59 Å². The summed E-state index contributed by atoms with van der Waals surface area (Å²) in [4.78, 5) is 29.0. The second kappa shape index (κ2) is 6.82. The van der Waals surface area contributed by atoms with Crippen LogP contribution in [0.3, 0.4) is 0 Å². The SMILES string of the molecule is CCC(CC(=O)O)NC(=O)c1sc(-c2cccs2)nc1C. The molecule has 2 heterocycles. The normalized spacial score (nSPS) is 12.1. The first-order chi connectivity index (χ1) is 10.0. The van der Waals surface area contributed by atoms with Crippen LogP contribution in [0.25, 0.3) is 9.88 Å². The third kappa shape index (κ3) is 3.89. The Balaban J connectivity index is 2.14. The van der Waals surface area contributed by atoms with Gasteiger partial charge in [-0.25, -0.2) is 4.98 Å². The number of aliphatic carboxylic acids is 1. The number of hydrogen-bond donors (Lipinski definition) is 2. The van der Waals surface area contributed by atoms with Crippen molar-refractivity contribution in [3.63, 3.8) is 0 Å².